The molecule has 0 bridgehead atoms. The number of hydrogen-bond donors (Lipinski definition) is 2. The van der Waals surface area contributed by atoms with Crippen molar-refractivity contribution in [2.45, 2.75) is 76.9 Å². The normalized spacial score (nSPS) is 17.2. The molecule has 2 aromatic rings. The molecule has 0 fully saturated rings. The molecule has 0 heterocycles. The summed E-state index contributed by atoms with van der Waals surface area (Å²) in [5.74, 6) is -3.66. The van der Waals surface area contributed by atoms with Crippen LogP contribution in [0, 0.1) is 11.6 Å². The molecule has 5 nitrogen and oxygen atoms in total. The van der Waals surface area contributed by atoms with Crippen molar-refractivity contribution in [3.63, 3.8) is 0 Å². The fourth-order valence-corrected chi connectivity index (χ4v) is 6.32. The first-order chi connectivity index (χ1) is 18.3. The zero-order valence-electron chi connectivity index (χ0n) is 22.2. The topological polar surface area (TPSA) is 83.5 Å². The largest absolute Gasteiger partial charge is 0.490 e. The molecule has 218 valence electrons. The van der Waals surface area contributed by atoms with Crippen LogP contribution >= 0.6 is 0 Å². The molecule has 0 amide bonds. The SMILES string of the molecule is CCCS(=O)(=O)CCCCc1ccc2c(c1)C(Cc1ccc(F)c(F)c1)C(NCC)CC2.O=C(O)C(F)(F)F. The van der Waals surface area contributed by atoms with E-state index in [2.05, 4.69) is 30.4 Å². The van der Waals surface area contributed by atoms with E-state index in [0.29, 0.717) is 19.3 Å². The number of alkyl halides is 3. The van der Waals surface area contributed by atoms with Gasteiger partial charge in [0.25, 0.3) is 0 Å². The third-order valence-corrected chi connectivity index (χ3v) is 8.60. The van der Waals surface area contributed by atoms with E-state index in [0.717, 1.165) is 37.8 Å². The van der Waals surface area contributed by atoms with Crippen molar-refractivity contribution < 1.29 is 40.3 Å². The second-order valence-corrected chi connectivity index (χ2v) is 12.0. The zero-order chi connectivity index (χ0) is 29.2. The molecule has 0 saturated heterocycles. The van der Waals surface area contributed by atoms with Gasteiger partial charge in [0, 0.05) is 17.7 Å². The molecule has 0 spiro atoms. The summed E-state index contributed by atoms with van der Waals surface area (Å²) < 4.78 is 82.8. The highest BCUT2D eigenvalue weighted by Gasteiger charge is 2.38. The fourth-order valence-electron chi connectivity index (χ4n) is 4.85. The molecule has 1 aliphatic rings. The predicted molar refractivity (Wildman–Crippen MR) is 141 cm³/mol. The molecule has 1 aliphatic carbocycles. The first kappa shape index (κ1) is 32.7. The van der Waals surface area contributed by atoms with Gasteiger partial charge in [-0.05, 0) is 85.9 Å². The van der Waals surface area contributed by atoms with Gasteiger partial charge in [-0.25, -0.2) is 22.0 Å². The second-order valence-electron chi connectivity index (χ2n) is 9.71. The number of carbonyl (C=O) groups is 1. The molecule has 39 heavy (non-hydrogen) atoms. The molecule has 2 unspecified atom stereocenters. The number of nitrogens with one attached hydrogen (secondary N) is 1. The minimum atomic E-state index is -5.08. The summed E-state index contributed by atoms with van der Waals surface area (Å²) in [5.41, 5.74) is 4.62. The number of sulfone groups is 1. The lowest BCUT2D eigenvalue weighted by Crippen LogP contribution is -2.39. The highest BCUT2D eigenvalue weighted by Crippen LogP contribution is 2.35. The molecule has 2 N–H and O–H groups in total. The van der Waals surface area contributed by atoms with Crippen LogP contribution in [-0.4, -0.2) is 49.8 Å². The van der Waals surface area contributed by atoms with Crippen LogP contribution in [0.1, 0.15) is 67.7 Å². The molecule has 0 aliphatic heterocycles. The number of aryl methyl sites for hydroxylation is 2. The van der Waals surface area contributed by atoms with Crippen LogP contribution in [0.5, 0.6) is 0 Å². The second kappa shape index (κ2) is 14.7. The number of unbranched alkanes of at least 4 members (excludes halogenated alkanes) is 1. The number of likely N-dealkylation sites (N-methyl/N-ethyl adjacent to an activating group) is 1. The number of carboxylic acids is 1. The summed E-state index contributed by atoms with van der Waals surface area (Å²) in [4.78, 5) is 8.90. The van der Waals surface area contributed by atoms with Crippen molar-refractivity contribution in [1.82, 2.24) is 5.32 Å². The van der Waals surface area contributed by atoms with Gasteiger partial charge in [-0.3, -0.25) is 0 Å². The monoisotopic (exact) mass is 577 g/mol. The third kappa shape index (κ3) is 10.5. The van der Waals surface area contributed by atoms with Crippen molar-refractivity contribution in [2.24, 2.45) is 0 Å². The van der Waals surface area contributed by atoms with Crippen molar-refractivity contribution in [2.75, 3.05) is 18.1 Å². The third-order valence-electron chi connectivity index (χ3n) is 6.65. The van der Waals surface area contributed by atoms with Gasteiger partial charge in [0.1, 0.15) is 9.84 Å². The molecule has 0 radical (unpaired) electrons. The Labute approximate surface area is 226 Å². The predicted octanol–water partition coefficient (Wildman–Crippen LogP) is 6.00. The summed E-state index contributed by atoms with van der Waals surface area (Å²) in [6.07, 6.45) is 0.614. The summed E-state index contributed by atoms with van der Waals surface area (Å²) in [5, 5.41) is 10.7. The Balaban J connectivity index is 0.000000673. The van der Waals surface area contributed by atoms with Crippen molar-refractivity contribution in [3.05, 3.63) is 70.3 Å². The fraction of sp³-hybridized carbons (Fsp3) is 0.536. The Morgan fingerprint density at radius 2 is 1.67 bits per heavy atom. The Morgan fingerprint density at radius 3 is 2.26 bits per heavy atom. The number of fused-ring (bicyclic) bond motifs is 1. The number of carboxylic acid groups (broad SMARTS) is 1. The number of benzene rings is 2. The van der Waals surface area contributed by atoms with Crippen LogP contribution in [0.3, 0.4) is 0 Å². The molecule has 0 saturated carbocycles. The highest BCUT2D eigenvalue weighted by atomic mass is 32.2. The number of aliphatic carboxylic acids is 1. The van der Waals surface area contributed by atoms with Crippen molar-refractivity contribution in [1.29, 1.82) is 0 Å². The van der Waals surface area contributed by atoms with Crippen molar-refractivity contribution >= 4 is 15.8 Å². The number of halogens is 5. The quantitative estimate of drug-likeness (QED) is 0.253. The molecule has 11 heteroatoms. The average Bonchev–Trinajstić information content (AvgIpc) is 2.85. The van der Waals surface area contributed by atoms with E-state index in [1.54, 1.807) is 6.07 Å². The van der Waals surface area contributed by atoms with Gasteiger partial charge in [0.2, 0.25) is 0 Å². The average molecular weight is 578 g/mol. The Hall–Kier alpha value is -2.53. The molecular formula is C28H36F5NO4S. The lowest BCUT2D eigenvalue weighted by Gasteiger charge is -2.35. The standard InChI is InChI=1S/C26H35F2NO2S.C2HF3O2/c1-3-14-32(30,31)15-6-5-7-19-8-10-21-11-13-26(29-4-2)23(22(21)16-19)17-20-9-12-24(27)25(28)18-20;3-2(4,5)1(6)7/h8-10,12,16,18,23,26,29H,3-7,11,13-15,17H2,1-2H3;(H,6,7). The molecule has 2 aromatic carbocycles. The first-order valence-electron chi connectivity index (χ1n) is 13.1. The lowest BCUT2D eigenvalue weighted by molar-refractivity contribution is -0.192. The summed E-state index contributed by atoms with van der Waals surface area (Å²) in [6.45, 7) is 4.84. The van der Waals surface area contributed by atoms with E-state index < -0.39 is 33.6 Å². The molecule has 3 rings (SSSR count). The maximum atomic E-state index is 13.8. The van der Waals surface area contributed by atoms with E-state index in [1.165, 1.54) is 28.8 Å². The van der Waals surface area contributed by atoms with Gasteiger partial charge < -0.3 is 10.4 Å². The van der Waals surface area contributed by atoms with Crippen LogP contribution in [0.25, 0.3) is 0 Å². The molecular weight excluding hydrogens is 541 g/mol. The van der Waals surface area contributed by atoms with Crippen LogP contribution in [-0.2, 0) is 33.9 Å². The maximum absolute atomic E-state index is 13.8. The highest BCUT2D eigenvalue weighted by molar-refractivity contribution is 7.91. The van der Waals surface area contributed by atoms with E-state index in [1.807, 2.05) is 6.92 Å². The Morgan fingerprint density at radius 1 is 1.00 bits per heavy atom. The summed E-state index contributed by atoms with van der Waals surface area (Å²) >= 11 is 0. The van der Waals surface area contributed by atoms with Crippen LogP contribution < -0.4 is 5.32 Å². The van der Waals surface area contributed by atoms with Crippen LogP contribution in [0.2, 0.25) is 0 Å². The van der Waals surface area contributed by atoms with E-state index in [4.69, 9.17) is 9.90 Å². The minimum Gasteiger partial charge on any atom is -0.475 e. The van der Waals surface area contributed by atoms with Gasteiger partial charge in [0.05, 0.1) is 5.75 Å². The maximum Gasteiger partial charge on any atom is 0.490 e. The lowest BCUT2D eigenvalue weighted by atomic mass is 9.75. The van der Waals surface area contributed by atoms with Gasteiger partial charge in [0.15, 0.2) is 11.6 Å². The summed E-state index contributed by atoms with van der Waals surface area (Å²) in [6, 6.07) is 11.1. The first-order valence-corrected chi connectivity index (χ1v) is 14.9. The van der Waals surface area contributed by atoms with E-state index in [-0.39, 0.29) is 23.5 Å². The number of rotatable bonds is 11. The van der Waals surface area contributed by atoms with Crippen LogP contribution in [0.4, 0.5) is 22.0 Å². The van der Waals surface area contributed by atoms with Crippen molar-refractivity contribution in [3.8, 4) is 0 Å². The van der Waals surface area contributed by atoms with Gasteiger partial charge in [-0.15, -0.1) is 0 Å². The zero-order valence-corrected chi connectivity index (χ0v) is 23.0. The smallest absolute Gasteiger partial charge is 0.475 e. The minimum absolute atomic E-state index is 0.188. The summed E-state index contributed by atoms with van der Waals surface area (Å²) in [7, 11) is -2.93. The van der Waals surface area contributed by atoms with E-state index >= 15 is 0 Å². The van der Waals surface area contributed by atoms with Gasteiger partial charge in [-0.1, -0.05) is 38.1 Å². The number of hydrogen-bond acceptors (Lipinski definition) is 4. The van der Waals surface area contributed by atoms with E-state index in [9.17, 15) is 30.4 Å². The van der Waals surface area contributed by atoms with Gasteiger partial charge >= 0.3 is 12.1 Å². The molecule has 0 aromatic heterocycles. The van der Waals surface area contributed by atoms with Crippen LogP contribution in [0.15, 0.2) is 36.4 Å². The Kier molecular flexibility index (Phi) is 12.4. The molecule has 2 atom stereocenters. The van der Waals surface area contributed by atoms with Gasteiger partial charge in [-0.2, -0.15) is 13.2 Å². The Bertz CT molecular complexity index is 1200.